The summed E-state index contributed by atoms with van der Waals surface area (Å²) in [6.45, 7) is 1.82. The van der Waals surface area contributed by atoms with Gasteiger partial charge in [-0.25, -0.2) is 9.37 Å². The topological polar surface area (TPSA) is 75.2 Å². The van der Waals surface area contributed by atoms with E-state index in [9.17, 15) is 14.0 Å². The van der Waals surface area contributed by atoms with Crippen molar-refractivity contribution in [3.63, 3.8) is 0 Å². The molecule has 0 radical (unpaired) electrons. The molecular formula is C21H23FN4O2. The van der Waals surface area contributed by atoms with Crippen LogP contribution in [0.3, 0.4) is 0 Å². The number of carbonyl (C=O) groups excluding carboxylic acids is 2. The highest BCUT2D eigenvalue weighted by Gasteiger charge is 2.43. The number of aryl methyl sites for hydroxylation is 1. The molecule has 2 aliphatic heterocycles. The van der Waals surface area contributed by atoms with E-state index < -0.39 is 0 Å². The Balaban J connectivity index is 1.38. The van der Waals surface area contributed by atoms with Gasteiger partial charge < -0.3 is 10.2 Å². The molecule has 0 spiro atoms. The maximum absolute atomic E-state index is 13.4. The molecule has 3 heterocycles. The number of piperidine rings is 1. The molecule has 2 amide bonds. The third kappa shape index (κ3) is 3.88. The minimum atomic E-state index is -0.325. The Bertz CT molecular complexity index is 872. The lowest BCUT2D eigenvalue weighted by molar-refractivity contribution is -0.135. The summed E-state index contributed by atoms with van der Waals surface area (Å²) in [4.78, 5) is 35.4. The van der Waals surface area contributed by atoms with Crippen molar-refractivity contribution in [2.45, 2.75) is 57.2 Å². The smallest absolute Gasteiger partial charge is 0.271 e. The highest BCUT2D eigenvalue weighted by atomic mass is 19.1. The van der Waals surface area contributed by atoms with Crippen LogP contribution in [0.4, 0.5) is 4.39 Å². The van der Waals surface area contributed by atoms with Gasteiger partial charge >= 0.3 is 0 Å². The summed E-state index contributed by atoms with van der Waals surface area (Å²) in [6.07, 6.45) is 6.61. The monoisotopic (exact) mass is 382 g/mol. The molecule has 0 aliphatic carbocycles. The molecule has 2 aliphatic rings. The van der Waals surface area contributed by atoms with E-state index in [-0.39, 0.29) is 42.2 Å². The lowest BCUT2D eigenvalue weighted by atomic mass is 9.96. The lowest BCUT2D eigenvalue weighted by Crippen LogP contribution is -2.52. The largest absolute Gasteiger partial charge is 0.348 e. The first-order valence-corrected chi connectivity index (χ1v) is 9.64. The maximum atomic E-state index is 13.4. The third-order valence-electron chi connectivity index (χ3n) is 5.61. The highest BCUT2D eigenvalue weighted by molar-refractivity contribution is 5.92. The van der Waals surface area contributed by atoms with Gasteiger partial charge in [-0.2, -0.15) is 0 Å². The van der Waals surface area contributed by atoms with Gasteiger partial charge in [-0.1, -0.05) is 12.1 Å². The van der Waals surface area contributed by atoms with Crippen LogP contribution in [-0.4, -0.2) is 44.8 Å². The Hall–Kier alpha value is -2.83. The second kappa shape index (κ2) is 7.66. The molecule has 146 valence electrons. The fraction of sp³-hybridized carbons (Fsp3) is 0.429. The Labute approximate surface area is 163 Å². The summed E-state index contributed by atoms with van der Waals surface area (Å²) in [5.74, 6) is -0.516. The predicted octanol–water partition coefficient (Wildman–Crippen LogP) is 2.42. The first-order chi connectivity index (χ1) is 13.5. The molecule has 28 heavy (non-hydrogen) atoms. The molecule has 2 saturated heterocycles. The Kier molecular flexibility index (Phi) is 5.07. The van der Waals surface area contributed by atoms with Crippen LogP contribution in [0, 0.1) is 12.7 Å². The van der Waals surface area contributed by atoms with E-state index in [4.69, 9.17) is 0 Å². The SMILES string of the molecule is Cc1cnc(C(=O)NC2C[C@H]3CC[C@@H](C2)N3C(=O)Cc2cccc(F)c2)cn1. The normalized spacial score (nSPS) is 23.5. The van der Waals surface area contributed by atoms with Crippen molar-refractivity contribution in [2.24, 2.45) is 0 Å². The van der Waals surface area contributed by atoms with Gasteiger partial charge in [0.2, 0.25) is 5.91 Å². The van der Waals surface area contributed by atoms with Crippen molar-refractivity contribution in [3.8, 4) is 0 Å². The van der Waals surface area contributed by atoms with E-state index in [0.717, 1.165) is 31.4 Å². The molecule has 1 unspecified atom stereocenters. The summed E-state index contributed by atoms with van der Waals surface area (Å²) >= 11 is 0. The number of fused-ring (bicyclic) bond motifs is 2. The number of amides is 2. The highest BCUT2D eigenvalue weighted by Crippen LogP contribution is 2.36. The summed E-state index contributed by atoms with van der Waals surface area (Å²) < 4.78 is 13.4. The molecule has 4 rings (SSSR count). The van der Waals surface area contributed by atoms with Crippen molar-refractivity contribution in [3.05, 3.63) is 59.4 Å². The molecular weight excluding hydrogens is 359 g/mol. The Morgan fingerprint density at radius 2 is 1.93 bits per heavy atom. The predicted molar refractivity (Wildman–Crippen MR) is 101 cm³/mol. The maximum Gasteiger partial charge on any atom is 0.271 e. The number of carbonyl (C=O) groups is 2. The standard InChI is InChI=1S/C21H23FN4O2/c1-13-11-24-19(12-23-13)21(28)25-16-9-17-5-6-18(10-16)26(17)20(27)8-14-3-2-4-15(22)7-14/h2-4,7,11-12,16-18H,5-6,8-10H2,1H3,(H,25,28)/t16?,17-,18+. The van der Waals surface area contributed by atoms with Gasteiger partial charge in [-0.15, -0.1) is 0 Å². The van der Waals surface area contributed by atoms with E-state index in [2.05, 4.69) is 15.3 Å². The van der Waals surface area contributed by atoms with Crippen LogP contribution in [0.25, 0.3) is 0 Å². The molecule has 1 aromatic heterocycles. The summed E-state index contributed by atoms with van der Waals surface area (Å²) in [7, 11) is 0. The van der Waals surface area contributed by atoms with E-state index in [1.165, 1.54) is 18.3 Å². The van der Waals surface area contributed by atoms with Crippen LogP contribution >= 0.6 is 0 Å². The molecule has 7 heteroatoms. The molecule has 0 saturated carbocycles. The van der Waals surface area contributed by atoms with Crippen LogP contribution < -0.4 is 5.32 Å². The van der Waals surface area contributed by atoms with Gasteiger partial charge in [0, 0.05) is 24.3 Å². The van der Waals surface area contributed by atoms with E-state index >= 15 is 0 Å². The number of hydrogen-bond acceptors (Lipinski definition) is 4. The zero-order valence-electron chi connectivity index (χ0n) is 15.8. The quantitative estimate of drug-likeness (QED) is 0.881. The molecule has 6 nitrogen and oxygen atoms in total. The van der Waals surface area contributed by atoms with Gasteiger partial charge in [0.25, 0.3) is 5.91 Å². The first kappa shape index (κ1) is 18.5. The van der Waals surface area contributed by atoms with E-state index in [1.54, 1.807) is 18.3 Å². The second-order valence-electron chi connectivity index (χ2n) is 7.68. The number of nitrogens with one attached hydrogen (secondary N) is 1. The van der Waals surface area contributed by atoms with Crippen LogP contribution in [-0.2, 0) is 11.2 Å². The minimum Gasteiger partial charge on any atom is -0.348 e. The van der Waals surface area contributed by atoms with Gasteiger partial charge in [-0.05, 0) is 50.3 Å². The van der Waals surface area contributed by atoms with Crippen molar-refractivity contribution >= 4 is 11.8 Å². The van der Waals surface area contributed by atoms with Gasteiger partial charge in [-0.3, -0.25) is 14.6 Å². The average Bonchev–Trinajstić information content (AvgIpc) is 2.93. The van der Waals surface area contributed by atoms with Crippen molar-refractivity contribution in [1.82, 2.24) is 20.2 Å². The van der Waals surface area contributed by atoms with Crippen molar-refractivity contribution in [1.29, 1.82) is 0 Å². The van der Waals surface area contributed by atoms with E-state index in [1.807, 2.05) is 11.8 Å². The third-order valence-corrected chi connectivity index (χ3v) is 5.61. The summed E-state index contributed by atoms with van der Waals surface area (Å²) in [6, 6.07) is 6.45. The molecule has 2 bridgehead atoms. The fourth-order valence-corrected chi connectivity index (χ4v) is 4.38. The minimum absolute atomic E-state index is 0.0197. The van der Waals surface area contributed by atoms with Crippen molar-refractivity contribution in [2.75, 3.05) is 0 Å². The fourth-order valence-electron chi connectivity index (χ4n) is 4.38. The average molecular weight is 382 g/mol. The second-order valence-corrected chi connectivity index (χ2v) is 7.68. The number of rotatable bonds is 4. The number of halogens is 1. The van der Waals surface area contributed by atoms with Gasteiger partial charge in [0.15, 0.2) is 0 Å². The lowest BCUT2D eigenvalue weighted by Gasteiger charge is -2.39. The van der Waals surface area contributed by atoms with Crippen LogP contribution in [0.15, 0.2) is 36.7 Å². The van der Waals surface area contributed by atoms with Gasteiger partial charge in [0.05, 0.1) is 18.3 Å². The number of nitrogens with zero attached hydrogens (tertiary/aromatic N) is 3. The van der Waals surface area contributed by atoms with Gasteiger partial charge in [0.1, 0.15) is 11.5 Å². The number of benzene rings is 1. The Morgan fingerprint density at radius 3 is 2.57 bits per heavy atom. The van der Waals surface area contributed by atoms with Crippen LogP contribution in [0.5, 0.6) is 0 Å². The molecule has 2 aromatic rings. The zero-order chi connectivity index (χ0) is 19.7. The first-order valence-electron chi connectivity index (χ1n) is 9.64. The molecule has 1 aromatic carbocycles. The zero-order valence-corrected chi connectivity index (χ0v) is 15.8. The number of aromatic nitrogens is 2. The molecule has 1 N–H and O–H groups in total. The summed E-state index contributed by atoms with van der Waals surface area (Å²) in [5, 5.41) is 3.04. The molecule has 3 atom stereocenters. The van der Waals surface area contributed by atoms with Crippen molar-refractivity contribution < 1.29 is 14.0 Å². The molecule has 2 fully saturated rings. The number of hydrogen-bond donors (Lipinski definition) is 1. The van der Waals surface area contributed by atoms with E-state index in [0.29, 0.717) is 11.3 Å². The summed E-state index contributed by atoms with van der Waals surface area (Å²) in [5.41, 5.74) is 1.76. The van der Waals surface area contributed by atoms with Crippen LogP contribution in [0.2, 0.25) is 0 Å². The Morgan fingerprint density at radius 1 is 1.18 bits per heavy atom. The van der Waals surface area contributed by atoms with Crippen LogP contribution in [0.1, 0.15) is 47.4 Å².